The van der Waals surface area contributed by atoms with E-state index in [1.54, 1.807) is 56.4 Å². The highest BCUT2D eigenvalue weighted by molar-refractivity contribution is 7.91. The third kappa shape index (κ3) is 6.36. The number of alkyl halides is 3. The Balaban J connectivity index is 1.57. The Bertz CT molecular complexity index is 1510. The van der Waals surface area contributed by atoms with Crippen molar-refractivity contribution in [1.29, 1.82) is 5.26 Å². The third-order valence-corrected chi connectivity index (χ3v) is 7.92. The van der Waals surface area contributed by atoms with Crippen molar-refractivity contribution in [2.24, 2.45) is 0 Å². The topological polar surface area (TPSA) is 99.8 Å². The van der Waals surface area contributed by atoms with Crippen LogP contribution in [0.3, 0.4) is 0 Å². The first kappa shape index (κ1) is 26.4. The number of nitrogens with one attached hydrogen (secondary N) is 2. The SMILES string of the molecule is CC(C)(C#N)c1ccc(NCC#Cc2cc3c(NC4CCS(=O)(=O)C4)cccc3n2CC(F)(F)F)cn1. The molecule has 3 heterocycles. The van der Waals surface area contributed by atoms with Crippen LogP contribution in [-0.2, 0) is 21.8 Å². The van der Waals surface area contributed by atoms with E-state index in [9.17, 15) is 26.9 Å². The van der Waals surface area contributed by atoms with E-state index in [4.69, 9.17) is 0 Å². The summed E-state index contributed by atoms with van der Waals surface area (Å²) in [5, 5.41) is 16.0. The zero-order chi connectivity index (χ0) is 26.8. The summed E-state index contributed by atoms with van der Waals surface area (Å²) in [6.45, 7) is 2.51. The zero-order valence-corrected chi connectivity index (χ0v) is 21.2. The van der Waals surface area contributed by atoms with E-state index >= 15 is 0 Å². The Kier molecular flexibility index (Phi) is 7.11. The van der Waals surface area contributed by atoms with Gasteiger partial charge in [0.1, 0.15) is 6.54 Å². The van der Waals surface area contributed by atoms with Gasteiger partial charge in [0.25, 0.3) is 0 Å². The molecule has 11 heteroatoms. The van der Waals surface area contributed by atoms with Crippen molar-refractivity contribution in [3.8, 4) is 17.9 Å². The summed E-state index contributed by atoms with van der Waals surface area (Å²) < 4.78 is 65.0. The van der Waals surface area contributed by atoms with E-state index in [1.807, 2.05) is 0 Å². The molecule has 1 atom stereocenters. The molecule has 7 nitrogen and oxygen atoms in total. The Morgan fingerprint density at radius 2 is 2.00 bits per heavy atom. The predicted octanol–water partition coefficient (Wildman–Crippen LogP) is 4.46. The Hall–Kier alpha value is -3.70. The van der Waals surface area contributed by atoms with E-state index in [0.717, 1.165) is 4.57 Å². The van der Waals surface area contributed by atoms with Crippen LogP contribution in [0.5, 0.6) is 0 Å². The number of aromatic nitrogens is 2. The summed E-state index contributed by atoms with van der Waals surface area (Å²) in [6.07, 6.45) is -2.42. The minimum Gasteiger partial charge on any atom is -0.381 e. The maximum atomic E-state index is 13.4. The molecule has 37 heavy (non-hydrogen) atoms. The minimum absolute atomic E-state index is 0.00513. The number of nitrogens with zero attached hydrogens (tertiary/aromatic N) is 3. The summed E-state index contributed by atoms with van der Waals surface area (Å²) in [4.78, 5) is 4.30. The molecule has 1 aromatic carbocycles. The van der Waals surface area contributed by atoms with Crippen molar-refractivity contribution in [2.45, 2.75) is 44.4 Å². The number of pyridine rings is 1. The second-order valence-corrected chi connectivity index (χ2v) is 11.8. The van der Waals surface area contributed by atoms with E-state index in [0.29, 0.717) is 34.4 Å². The average Bonchev–Trinajstić information content (AvgIpc) is 3.35. The lowest BCUT2D eigenvalue weighted by Gasteiger charge is -2.14. The molecule has 1 aliphatic heterocycles. The summed E-state index contributed by atoms with van der Waals surface area (Å²) in [5.74, 6) is 5.79. The number of nitriles is 1. The fraction of sp³-hybridized carbons (Fsp3) is 0.385. The van der Waals surface area contributed by atoms with Gasteiger partial charge in [-0.2, -0.15) is 18.4 Å². The standard InChI is InChI=1S/C26H26F3N5O2S/c1-25(2,16-30)24-9-8-18(14-32-24)31-11-4-5-20-13-21-22(33-19-10-12-37(35,36)15-19)6-3-7-23(21)34(20)17-26(27,28)29/h3,6-9,13-14,19,31,33H,10-12,15,17H2,1-2H3. The van der Waals surface area contributed by atoms with Gasteiger partial charge in [-0.25, -0.2) is 8.42 Å². The van der Waals surface area contributed by atoms with Crippen molar-refractivity contribution in [2.75, 3.05) is 28.7 Å². The molecule has 2 aromatic heterocycles. The first-order valence-corrected chi connectivity index (χ1v) is 13.5. The zero-order valence-electron chi connectivity index (χ0n) is 20.4. The van der Waals surface area contributed by atoms with Crippen LogP contribution < -0.4 is 10.6 Å². The predicted molar refractivity (Wildman–Crippen MR) is 137 cm³/mol. The fourth-order valence-electron chi connectivity index (χ4n) is 4.20. The number of benzene rings is 1. The summed E-state index contributed by atoms with van der Waals surface area (Å²) in [7, 11) is -3.11. The Morgan fingerprint density at radius 3 is 2.62 bits per heavy atom. The van der Waals surface area contributed by atoms with Crippen LogP contribution in [0.25, 0.3) is 10.9 Å². The van der Waals surface area contributed by atoms with E-state index in [1.165, 1.54) is 0 Å². The van der Waals surface area contributed by atoms with Gasteiger partial charge in [0.15, 0.2) is 9.84 Å². The summed E-state index contributed by atoms with van der Waals surface area (Å²) >= 11 is 0. The Labute approximate surface area is 213 Å². The molecule has 0 radical (unpaired) electrons. The molecule has 0 spiro atoms. The van der Waals surface area contributed by atoms with Gasteiger partial charge in [0, 0.05) is 17.1 Å². The molecule has 1 unspecified atom stereocenters. The van der Waals surface area contributed by atoms with Gasteiger partial charge in [-0.15, -0.1) is 0 Å². The molecule has 0 saturated carbocycles. The number of halogens is 3. The number of sulfone groups is 1. The number of anilines is 2. The highest BCUT2D eigenvalue weighted by Crippen LogP contribution is 2.31. The van der Waals surface area contributed by atoms with Crippen molar-refractivity contribution in [1.82, 2.24) is 9.55 Å². The molecule has 1 fully saturated rings. The largest absolute Gasteiger partial charge is 0.406 e. The van der Waals surface area contributed by atoms with Gasteiger partial charge in [-0.1, -0.05) is 12.0 Å². The molecule has 4 rings (SSSR count). The molecule has 194 valence electrons. The van der Waals surface area contributed by atoms with Crippen molar-refractivity contribution >= 4 is 32.1 Å². The van der Waals surface area contributed by atoms with Gasteiger partial charge in [-0.3, -0.25) is 4.98 Å². The van der Waals surface area contributed by atoms with E-state index < -0.39 is 28.0 Å². The normalized spacial score (nSPS) is 17.1. The van der Waals surface area contributed by atoms with E-state index in [2.05, 4.69) is 33.5 Å². The first-order valence-electron chi connectivity index (χ1n) is 11.6. The van der Waals surface area contributed by atoms with Gasteiger partial charge >= 0.3 is 6.18 Å². The number of hydrogen-bond donors (Lipinski definition) is 2. The second kappa shape index (κ2) is 9.98. The number of rotatable bonds is 6. The van der Waals surface area contributed by atoms with Crippen LogP contribution in [0.2, 0.25) is 0 Å². The lowest BCUT2D eigenvalue weighted by Crippen LogP contribution is -2.20. The maximum Gasteiger partial charge on any atom is 0.406 e. The smallest absolute Gasteiger partial charge is 0.381 e. The number of fused-ring (bicyclic) bond motifs is 1. The lowest BCUT2D eigenvalue weighted by molar-refractivity contribution is -0.140. The highest BCUT2D eigenvalue weighted by atomic mass is 32.2. The van der Waals surface area contributed by atoms with Crippen molar-refractivity contribution in [3.63, 3.8) is 0 Å². The molecule has 0 aliphatic carbocycles. The molecular weight excluding hydrogens is 503 g/mol. The third-order valence-electron chi connectivity index (χ3n) is 6.16. The molecular formula is C26H26F3N5O2S. The lowest BCUT2D eigenvalue weighted by atomic mass is 9.91. The van der Waals surface area contributed by atoms with Gasteiger partial charge in [0.2, 0.25) is 0 Å². The number of hydrogen-bond acceptors (Lipinski definition) is 6. The monoisotopic (exact) mass is 529 g/mol. The van der Waals surface area contributed by atoms with Gasteiger partial charge in [-0.05, 0) is 56.5 Å². The molecule has 0 bridgehead atoms. The van der Waals surface area contributed by atoms with Crippen molar-refractivity contribution < 1.29 is 21.6 Å². The first-order chi connectivity index (χ1) is 17.4. The maximum absolute atomic E-state index is 13.4. The van der Waals surface area contributed by atoms with Crippen LogP contribution in [0.15, 0.2) is 42.6 Å². The van der Waals surface area contributed by atoms with Crippen LogP contribution in [0, 0.1) is 23.2 Å². The van der Waals surface area contributed by atoms with Crippen molar-refractivity contribution in [3.05, 3.63) is 54.0 Å². The minimum atomic E-state index is -4.45. The molecule has 1 aliphatic rings. The van der Waals surface area contributed by atoms with Gasteiger partial charge in [0.05, 0.1) is 58.3 Å². The van der Waals surface area contributed by atoms with E-state index in [-0.39, 0.29) is 29.8 Å². The second-order valence-electron chi connectivity index (χ2n) is 9.54. The average molecular weight is 530 g/mol. The summed E-state index contributed by atoms with van der Waals surface area (Å²) in [6, 6.07) is 12.0. The van der Waals surface area contributed by atoms with Gasteiger partial charge < -0.3 is 15.2 Å². The quantitative estimate of drug-likeness (QED) is 0.458. The molecule has 3 aromatic rings. The Morgan fingerprint density at radius 1 is 1.22 bits per heavy atom. The fourth-order valence-corrected chi connectivity index (χ4v) is 5.87. The molecule has 2 N–H and O–H groups in total. The van der Waals surface area contributed by atoms with Crippen LogP contribution in [-0.4, -0.2) is 48.2 Å². The molecule has 1 saturated heterocycles. The highest BCUT2D eigenvalue weighted by Gasteiger charge is 2.31. The molecule has 0 amide bonds. The van der Waals surface area contributed by atoms with Crippen LogP contribution in [0.4, 0.5) is 24.5 Å². The summed E-state index contributed by atoms with van der Waals surface area (Å²) in [5.41, 5.74) is 1.72. The van der Waals surface area contributed by atoms with Crippen LogP contribution in [0.1, 0.15) is 31.7 Å². The van der Waals surface area contributed by atoms with Crippen LogP contribution >= 0.6 is 0 Å².